The quantitative estimate of drug-likeness (QED) is 0.318. The highest BCUT2D eigenvalue weighted by atomic mass is 19.1. The van der Waals surface area contributed by atoms with Crippen LogP contribution in [0.3, 0.4) is 0 Å². The van der Waals surface area contributed by atoms with Gasteiger partial charge in [0, 0.05) is 6.54 Å². The molecule has 1 atom stereocenters. The van der Waals surface area contributed by atoms with Gasteiger partial charge in [-0.15, -0.1) is 0 Å². The first-order valence-corrected chi connectivity index (χ1v) is 3.80. The van der Waals surface area contributed by atoms with Crippen molar-refractivity contribution in [2.75, 3.05) is 6.54 Å². The molecule has 0 aromatic heterocycles. The summed E-state index contributed by atoms with van der Waals surface area (Å²) in [5.41, 5.74) is 5.12. The van der Waals surface area contributed by atoms with Gasteiger partial charge in [-0.3, -0.25) is 9.59 Å². The standard InChI is InChI=1S/C7H13FN2O2/c8-7(12)6(9)3-1-2-4-10-5-11/h5-6H,1-4,9H2,(H,10,11). The zero-order valence-electron chi connectivity index (χ0n) is 6.75. The number of nitrogens with two attached hydrogens (primary N) is 1. The minimum Gasteiger partial charge on any atom is -0.359 e. The van der Waals surface area contributed by atoms with E-state index in [2.05, 4.69) is 5.32 Å². The zero-order valence-corrected chi connectivity index (χ0v) is 6.75. The van der Waals surface area contributed by atoms with Crippen LogP contribution in [0, 0.1) is 0 Å². The number of hydrogen-bond acceptors (Lipinski definition) is 3. The number of halogens is 1. The van der Waals surface area contributed by atoms with E-state index in [1.807, 2.05) is 0 Å². The summed E-state index contributed by atoms with van der Waals surface area (Å²) in [5, 5.41) is 2.45. The molecule has 0 radical (unpaired) electrons. The zero-order chi connectivity index (χ0) is 9.40. The lowest BCUT2D eigenvalue weighted by atomic mass is 10.1. The largest absolute Gasteiger partial charge is 0.359 e. The molecule has 0 saturated heterocycles. The first-order valence-electron chi connectivity index (χ1n) is 3.80. The first kappa shape index (κ1) is 11.0. The van der Waals surface area contributed by atoms with Crippen molar-refractivity contribution >= 4 is 12.4 Å². The minimum absolute atomic E-state index is 0.329. The second-order valence-corrected chi connectivity index (χ2v) is 2.48. The first-order chi connectivity index (χ1) is 5.68. The van der Waals surface area contributed by atoms with E-state index in [-0.39, 0.29) is 0 Å². The highest BCUT2D eigenvalue weighted by Crippen LogP contribution is 1.99. The molecular formula is C7H13FN2O2. The maximum Gasteiger partial charge on any atom is 0.318 e. The summed E-state index contributed by atoms with van der Waals surface area (Å²) in [6.45, 7) is 0.538. The third kappa shape index (κ3) is 5.79. The lowest BCUT2D eigenvalue weighted by molar-refractivity contribution is -0.130. The minimum atomic E-state index is -1.47. The van der Waals surface area contributed by atoms with Gasteiger partial charge >= 0.3 is 6.04 Å². The molecule has 0 aromatic rings. The van der Waals surface area contributed by atoms with Crippen LogP contribution in [-0.2, 0) is 9.59 Å². The SMILES string of the molecule is NC(CCCCNC=O)C(=O)F. The molecule has 0 aromatic carbocycles. The highest BCUT2D eigenvalue weighted by Gasteiger charge is 2.10. The van der Waals surface area contributed by atoms with Crippen molar-refractivity contribution in [2.24, 2.45) is 5.73 Å². The molecule has 1 amide bonds. The van der Waals surface area contributed by atoms with Crippen LogP contribution in [0.15, 0.2) is 0 Å². The molecule has 0 aliphatic carbocycles. The summed E-state index contributed by atoms with van der Waals surface area (Å²) in [7, 11) is 0. The number of amides is 1. The molecule has 1 unspecified atom stereocenters. The van der Waals surface area contributed by atoms with Gasteiger partial charge in [-0.05, 0) is 19.3 Å². The number of carbonyl (C=O) groups excluding carboxylic acids is 2. The van der Waals surface area contributed by atoms with Gasteiger partial charge in [0.25, 0.3) is 0 Å². The number of nitrogens with one attached hydrogen (secondary N) is 1. The maximum atomic E-state index is 11.8. The van der Waals surface area contributed by atoms with E-state index in [9.17, 15) is 14.0 Å². The molecule has 3 N–H and O–H groups in total. The second-order valence-electron chi connectivity index (χ2n) is 2.48. The molecule has 0 bridgehead atoms. The summed E-state index contributed by atoms with van der Waals surface area (Å²) in [4.78, 5) is 19.8. The lowest BCUT2D eigenvalue weighted by Crippen LogP contribution is -2.27. The lowest BCUT2D eigenvalue weighted by Gasteiger charge is -2.03. The molecule has 5 heteroatoms. The highest BCUT2D eigenvalue weighted by molar-refractivity contribution is 5.73. The van der Waals surface area contributed by atoms with E-state index in [1.54, 1.807) is 0 Å². The number of carbonyl (C=O) groups is 2. The van der Waals surface area contributed by atoms with Crippen molar-refractivity contribution in [1.29, 1.82) is 0 Å². The Morgan fingerprint density at radius 1 is 1.58 bits per heavy atom. The molecule has 12 heavy (non-hydrogen) atoms. The van der Waals surface area contributed by atoms with Gasteiger partial charge in [-0.2, -0.15) is 4.39 Å². The summed E-state index contributed by atoms with van der Waals surface area (Å²) in [5.74, 6) is 0. The van der Waals surface area contributed by atoms with Gasteiger partial charge < -0.3 is 11.1 Å². The predicted molar refractivity (Wildman–Crippen MR) is 42.0 cm³/mol. The van der Waals surface area contributed by atoms with Crippen LogP contribution in [0.25, 0.3) is 0 Å². The fourth-order valence-electron chi connectivity index (χ4n) is 0.764. The summed E-state index contributed by atoms with van der Waals surface area (Å²) in [6.07, 6.45) is 2.27. The number of hydrogen-bond donors (Lipinski definition) is 2. The van der Waals surface area contributed by atoms with E-state index in [1.165, 1.54) is 0 Å². The van der Waals surface area contributed by atoms with Crippen LogP contribution in [0.1, 0.15) is 19.3 Å². The molecular weight excluding hydrogens is 163 g/mol. The normalized spacial score (nSPS) is 12.2. The molecule has 70 valence electrons. The van der Waals surface area contributed by atoms with Gasteiger partial charge in [0.15, 0.2) is 0 Å². The van der Waals surface area contributed by atoms with Crippen molar-refractivity contribution in [3.63, 3.8) is 0 Å². The second kappa shape index (κ2) is 6.72. The Kier molecular flexibility index (Phi) is 6.18. The molecule has 0 saturated carbocycles. The Balaban J connectivity index is 3.19. The van der Waals surface area contributed by atoms with Crippen LogP contribution >= 0.6 is 0 Å². The molecule has 0 rings (SSSR count). The van der Waals surface area contributed by atoms with E-state index in [4.69, 9.17) is 5.73 Å². The summed E-state index contributed by atoms with van der Waals surface area (Å²) in [6, 6.07) is -2.47. The van der Waals surface area contributed by atoms with Crippen molar-refractivity contribution in [1.82, 2.24) is 5.32 Å². The molecule has 4 nitrogen and oxygen atoms in total. The predicted octanol–water partition coefficient (Wildman–Crippen LogP) is -0.274. The molecule has 0 fully saturated rings. The van der Waals surface area contributed by atoms with Crippen LogP contribution in [0.5, 0.6) is 0 Å². The Morgan fingerprint density at radius 3 is 2.75 bits per heavy atom. The molecule has 0 heterocycles. The molecule has 0 aliphatic rings. The van der Waals surface area contributed by atoms with Crippen molar-refractivity contribution in [2.45, 2.75) is 25.3 Å². The monoisotopic (exact) mass is 176 g/mol. The number of unbranched alkanes of at least 4 members (excludes halogenated alkanes) is 1. The van der Waals surface area contributed by atoms with Crippen molar-refractivity contribution in [3.8, 4) is 0 Å². The van der Waals surface area contributed by atoms with Crippen molar-refractivity contribution in [3.05, 3.63) is 0 Å². The summed E-state index contributed by atoms with van der Waals surface area (Å²) < 4.78 is 11.8. The average Bonchev–Trinajstić information content (AvgIpc) is 2.03. The smallest absolute Gasteiger partial charge is 0.318 e. The van der Waals surface area contributed by atoms with E-state index in [0.29, 0.717) is 32.2 Å². The molecule has 0 spiro atoms. The topological polar surface area (TPSA) is 72.2 Å². The Labute approximate surface area is 70.3 Å². The Hall–Kier alpha value is -0.970. The number of rotatable bonds is 7. The van der Waals surface area contributed by atoms with E-state index in [0.717, 1.165) is 0 Å². The van der Waals surface area contributed by atoms with Crippen LogP contribution in [-0.4, -0.2) is 25.0 Å². The molecule has 0 aliphatic heterocycles. The van der Waals surface area contributed by atoms with Gasteiger partial charge in [-0.1, -0.05) is 0 Å². The Bertz CT molecular complexity index is 152. The van der Waals surface area contributed by atoms with Crippen molar-refractivity contribution < 1.29 is 14.0 Å². The van der Waals surface area contributed by atoms with Crippen LogP contribution < -0.4 is 11.1 Å². The van der Waals surface area contributed by atoms with Gasteiger partial charge in [0.05, 0.1) is 6.04 Å². The Morgan fingerprint density at radius 2 is 2.25 bits per heavy atom. The van der Waals surface area contributed by atoms with Gasteiger partial charge in [0.1, 0.15) is 0 Å². The van der Waals surface area contributed by atoms with Crippen LogP contribution in [0.4, 0.5) is 4.39 Å². The third-order valence-corrected chi connectivity index (χ3v) is 1.46. The van der Waals surface area contributed by atoms with Gasteiger partial charge in [-0.25, -0.2) is 0 Å². The van der Waals surface area contributed by atoms with Crippen LogP contribution in [0.2, 0.25) is 0 Å². The fraction of sp³-hybridized carbons (Fsp3) is 0.714. The summed E-state index contributed by atoms with van der Waals surface area (Å²) >= 11 is 0. The maximum absolute atomic E-state index is 11.8. The average molecular weight is 176 g/mol. The fourth-order valence-corrected chi connectivity index (χ4v) is 0.764. The van der Waals surface area contributed by atoms with E-state index >= 15 is 0 Å². The third-order valence-electron chi connectivity index (χ3n) is 1.46. The van der Waals surface area contributed by atoms with Gasteiger partial charge in [0.2, 0.25) is 6.41 Å². The van der Waals surface area contributed by atoms with E-state index < -0.39 is 12.1 Å².